The van der Waals surface area contributed by atoms with Crippen molar-refractivity contribution in [3.63, 3.8) is 0 Å². The molecule has 3 amide bonds. The molecule has 1 saturated carbocycles. The summed E-state index contributed by atoms with van der Waals surface area (Å²) in [7, 11) is 0. The Morgan fingerprint density at radius 3 is 2.41 bits per heavy atom. The SMILES string of the molecule is CC(C)(C)OC(=O)N1CSC[C@H]1C(=O)N[C@@H](CSC1CCCCC1)C(=O)N1CCC(Nc2ccccc2)CC1. The molecule has 1 aromatic rings. The molecular weight excluding hydrogens is 532 g/mol. The predicted molar refractivity (Wildman–Crippen MR) is 160 cm³/mol. The fraction of sp³-hybridized carbons (Fsp3) is 0.690. The van der Waals surface area contributed by atoms with Gasteiger partial charge in [0.15, 0.2) is 0 Å². The molecule has 0 radical (unpaired) electrons. The van der Waals surface area contributed by atoms with Crippen LogP contribution in [0.4, 0.5) is 10.5 Å². The average molecular weight is 577 g/mol. The third-order valence-corrected chi connectivity index (χ3v) is 9.91. The molecule has 2 saturated heterocycles. The summed E-state index contributed by atoms with van der Waals surface area (Å²) >= 11 is 3.34. The minimum Gasteiger partial charge on any atom is -0.444 e. The van der Waals surface area contributed by atoms with Gasteiger partial charge < -0.3 is 20.3 Å². The van der Waals surface area contributed by atoms with E-state index in [1.54, 1.807) is 0 Å². The van der Waals surface area contributed by atoms with Crippen LogP contribution in [-0.2, 0) is 14.3 Å². The Labute approximate surface area is 241 Å². The number of likely N-dealkylation sites (tertiary alicyclic amines) is 1. The van der Waals surface area contributed by atoms with Crippen LogP contribution < -0.4 is 10.6 Å². The summed E-state index contributed by atoms with van der Waals surface area (Å²) in [5.41, 5.74) is 0.461. The smallest absolute Gasteiger partial charge is 0.411 e. The van der Waals surface area contributed by atoms with Crippen molar-refractivity contribution < 1.29 is 19.1 Å². The van der Waals surface area contributed by atoms with Crippen molar-refractivity contribution in [3.8, 4) is 0 Å². The van der Waals surface area contributed by atoms with Crippen LogP contribution >= 0.6 is 23.5 Å². The Morgan fingerprint density at radius 1 is 1.05 bits per heavy atom. The first-order chi connectivity index (χ1) is 18.7. The summed E-state index contributed by atoms with van der Waals surface area (Å²) in [6.07, 6.45) is 7.32. The van der Waals surface area contributed by atoms with E-state index in [4.69, 9.17) is 4.74 Å². The van der Waals surface area contributed by atoms with E-state index in [1.807, 2.05) is 55.6 Å². The van der Waals surface area contributed by atoms with E-state index in [0.717, 1.165) is 18.5 Å². The molecule has 10 heteroatoms. The van der Waals surface area contributed by atoms with Crippen molar-refractivity contribution in [2.24, 2.45) is 0 Å². The second-order valence-electron chi connectivity index (χ2n) is 11.7. The maximum Gasteiger partial charge on any atom is 0.411 e. The van der Waals surface area contributed by atoms with E-state index in [1.165, 1.54) is 48.8 Å². The van der Waals surface area contributed by atoms with Crippen molar-refractivity contribution in [3.05, 3.63) is 30.3 Å². The number of amides is 3. The van der Waals surface area contributed by atoms with Gasteiger partial charge in [-0.15, -0.1) is 11.8 Å². The standard InChI is InChI=1S/C29H44N4O4S2/c1-29(2,3)37-28(36)33-20-38-19-25(33)26(34)31-24(18-39-23-12-8-5-9-13-23)27(35)32-16-14-22(15-17-32)30-21-10-6-4-7-11-21/h4,6-7,10-11,22-25,30H,5,8-9,12-20H2,1-3H3,(H,31,34)/t24-,25-/m0/s1. The van der Waals surface area contributed by atoms with Crippen molar-refractivity contribution in [2.75, 3.05) is 35.8 Å². The van der Waals surface area contributed by atoms with E-state index < -0.39 is 23.8 Å². The number of benzene rings is 1. The van der Waals surface area contributed by atoms with E-state index in [-0.39, 0.29) is 11.8 Å². The zero-order chi connectivity index (χ0) is 27.8. The Hall–Kier alpha value is -2.07. The molecule has 3 fully saturated rings. The summed E-state index contributed by atoms with van der Waals surface area (Å²) in [6, 6.07) is 9.24. The number of anilines is 1. The Morgan fingerprint density at radius 2 is 1.74 bits per heavy atom. The van der Waals surface area contributed by atoms with Crippen LogP contribution in [-0.4, -0.2) is 87.2 Å². The van der Waals surface area contributed by atoms with Gasteiger partial charge in [-0.2, -0.15) is 11.8 Å². The van der Waals surface area contributed by atoms with Crippen LogP contribution in [0.1, 0.15) is 65.7 Å². The van der Waals surface area contributed by atoms with Crippen molar-refractivity contribution >= 4 is 47.1 Å². The van der Waals surface area contributed by atoms with Crippen LogP contribution in [0.15, 0.2) is 30.3 Å². The van der Waals surface area contributed by atoms with Gasteiger partial charge in [0, 0.05) is 41.6 Å². The summed E-state index contributed by atoms with van der Waals surface area (Å²) < 4.78 is 5.54. The first-order valence-electron chi connectivity index (χ1n) is 14.3. The van der Waals surface area contributed by atoms with Gasteiger partial charge in [0.1, 0.15) is 17.7 Å². The van der Waals surface area contributed by atoms with Crippen LogP contribution in [0.2, 0.25) is 0 Å². The zero-order valence-corrected chi connectivity index (χ0v) is 25.2. The zero-order valence-electron chi connectivity index (χ0n) is 23.5. The molecule has 2 atom stereocenters. The number of nitrogens with zero attached hydrogens (tertiary/aromatic N) is 2. The average Bonchev–Trinajstić information content (AvgIpc) is 3.42. The third-order valence-electron chi connectivity index (χ3n) is 7.43. The number of hydrogen-bond acceptors (Lipinski definition) is 7. The normalized spacial score (nSPS) is 21.9. The molecule has 2 aliphatic heterocycles. The molecule has 2 N–H and O–H groups in total. The highest BCUT2D eigenvalue weighted by molar-refractivity contribution is 8.00. The van der Waals surface area contributed by atoms with Gasteiger partial charge in [-0.25, -0.2) is 4.79 Å². The molecular formula is C29H44N4O4S2. The quantitative estimate of drug-likeness (QED) is 0.453. The molecule has 3 aliphatic rings. The Kier molecular flexibility index (Phi) is 10.7. The fourth-order valence-electron chi connectivity index (χ4n) is 5.30. The molecule has 0 bridgehead atoms. The highest BCUT2D eigenvalue weighted by Crippen LogP contribution is 2.29. The molecule has 0 aromatic heterocycles. The molecule has 2 heterocycles. The van der Waals surface area contributed by atoms with E-state index >= 15 is 0 Å². The van der Waals surface area contributed by atoms with Gasteiger partial charge in [-0.05, 0) is 58.6 Å². The second kappa shape index (κ2) is 14.0. The van der Waals surface area contributed by atoms with Gasteiger partial charge in [-0.1, -0.05) is 37.5 Å². The number of rotatable bonds is 8. The summed E-state index contributed by atoms with van der Waals surface area (Å²) in [6.45, 7) is 6.77. The molecule has 216 valence electrons. The first-order valence-corrected chi connectivity index (χ1v) is 16.5. The van der Waals surface area contributed by atoms with Crippen LogP contribution in [0.5, 0.6) is 0 Å². The van der Waals surface area contributed by atoms with E-state index in [0.29, 0.717) is 41.8 Å². The lowest BCUT2D eigenvalue weighted by Gasteiger charge is -2.36. The lowest BCUT2D eigenvalue weighted by Crippen LogP contribution is -2.57. The highest BCUT2D eigenvalue weighted by atomic mass is 32.2. The van der Waals surface area contributed by atoms with E-state index in [9.17, 15) is 14.4 Å². The van der Waals surface area contributed by atoms with E-state index in [2.05, 4.69) is 22.8 Å². The van der Waals surface area contributed by atoms with Crippen molar-refractivity contribution in [2.45, 2.75) is 94.7 Å². The topological polar surface area (TPSA) is 91.0 Å². The van der Waals surface area contributed by atoms with Crippen LogP contribution in [0.3, 0.4) is 0 Å². The third kappa shape index (κ3) is 8.96. The molecule has 1 aliphatic carbocycles. The van der Waals surface area contributed by atoms with Gasteiger partial charge in [0.05, 0.1) is 5.88 Å². The minimum atomic E-state index is -0.638. The lowest BCUT2D eigenvalue weighted by molar-refractivity contribution is -0.137. The molecule has 39 heavy (non-hydrogen) atoms. The fourth-order valence-corrected chi connectivity index (χ4v) is 7.80. The number of ether oxygens (including phenoxy) is 1. The summed E-state index contributed by atoms with van der Waals surface area (Å²) in [5, 5.41) is 7.17. The van der Waals surface area contributed by atoms with Crippen molar-refractivity contribution in [1.29, 1.82) is 0 Å². The Balaban J connectivity index is 1.37. The predicted octanol–water partition coefficient (Wildman–Crippen LogP) is 4.95. The number of hydrogen-bond donors (Lipinski definition) is 2. The van der Waals surface area contributed by atoms with Gasteiger partial charge in [0.25, 0.3) is 0 Å². The first kappa shape index (κ1) is 29.9. The Bertz CT molecular complexity index is 960. The van der Waals surface area contributed by atoms with Gasteiger partial charge in [-0.3, -0.25) is 14.5 Å². The summed E-state index contributed by atoms with van der Waals surface area (Å²) in [5.74, 6) is 1.18. The largest absolute Gasteiger partial charge is 0.444 e. The highest BCUT2D eigenvalue weighted by Gasteiger charge is 2.39. The number of thioether (sulfide) groups is 2. The minimum absolute atomic E-state index is 0.0145. The molecule has 1 aromatic carbocycles. The number of carbonyl (C=O) groups is 3. The van der Waals surface area contributed by atoms with Crippen LogP contribution in [0.25, 0.3) is 0 Å². The molecule has 8 nitrogen and oxygen atoms in total. The summed E-state index contributed by atoms with van der Waals surface area (Å²) in [4.78, 5) is 43.4. The van der Waals surface area contributed by atoms with Gasteiger partial charge in [0.2, 0.25) is 11.8 Å². The van der Waals surface area contributed by atoms with Gasteiger partial charge >= 0.3 is 6.09 Å². The lowest BCUT2D eigenvalue weighted by atomic mass is 10.0. The molecule has 0 spiro atoms. The number of piperidine rings is 1. The number of para-hydroxylation sites is 1. The molecule has 0 unspecified atom stereocenters. The van der Waals surface area contributed by atoms with Crippen LogP contribution in [0, 0.1) is 0 Å². The monoisotopic (exact) mass is 576 g/mol. The number of nitrogens with one attached hydrogen (secondary N) is 2. The maximum atomic E-state index is 13.8. The second-order valence-corrected chi connectivity index (χ2v) is 14.1. The number of carbonyl (C=O) groups excluding carboxylic acids is 3. The maximum absolute atomic E-state index is 13.8. The van der Waals surface area contributed by atoms with Crippen molar-refractivity contribution in [1.82, 2.24) is 15.1 Å². The molecule has 4 rings (SSSR count).